The lowest BCUT2D eigenvalue weighted by atomic mass is 10.0. The minimum absolute atomic E-state index is 0.0000286. The fraction of sp³-hybridized carbons (Fsp3) is 0.385. The highest BCUT2D eigenvalue weighted by Crippen LogP contribution is 2.26. The standard InChI is InChI=1S/C26H27N5O3S/c1-16-23(35-15-27-16)9-11-31-21-8-10-30(13-20(21)24(29-31)26(33)28-18-6-7-18)12-17-14-34-22-5-3-2-4-19(22)25(17)32/h2-5,14-15,18H,6-13H2,1H3,(H,28,33). The van der Waals surface area contributed by atoms with Gasteiger partial charge in [0.05, 0.1) is 22.9 Å². The van der Waals surface area contributed by atoms with Crippen molar-refractivity contribution in [2.75, 3.05) is 6.54 Å². The monoisotopic (exact) mass is 489 g/mol. The molecule has 1 N–H and O–H groups in total. The second kappa shape index (κ2) is 9.05. The smallest absolute Gasteiger partial charge is 0.272 e. The molecule has 0 saturated heterocycles. The molecule has 0 atom stereocenters. The third kappa shape index (κ3) is 4.41. The Kier molecular flexibility index (Phi) is 5.74. The van der Waals surface area contributed by atoms with Crippen LogP contribution in [0.3, 0.4) is 0 Å². The van der Waals surface area contributed by atoms with Gasteiger partial charge in [-0.15, -0.1) is 11.3 Å². The summed E-state index contributed by atoms with van der Waals surface area (Å²) < 4.78 is 7.73. The van der Waals surface area contributed by atoms with Gasteiger partial charge in [-0.05, 0) is 31.9 Å². The zero-order valence-corrected chi connectivity index (χ0v) is 20.4. The van der Waals surface area contributed by atoms with E-state index in [1.165, 1.54) is 4.88 Å². The molecule has 1 aliphatic carbocycles. The van der Waals surface area contributed by atoms with E-state index in [4.69, 9.17) is 9.52 Å². The average molecular weight is 490 g/mol. The number of benzene rings is 1. The Morgan fingerprint density at radius 2 is 2.14 bits per heavy atom. The van der Waals surface area contributed by atoms with Crippen molar-refractivity contribution < 1.29 is 9.21 Å². The predicted molar refractivity (Wildman–Crippen MR) is 134 cm³/mol. The molecule has 4 aromatic rings. The number of nitrogens with zero attached hydrogens (tertiary/aromatic N) is 4. The minimum Gasteiger partial charge on any atom is -0.464 e. The summed E-state index contributed by atoms with van der Waals surface area (Å²) in [6, 6.07) is 7.59. The third-order valence-corrected chi connectivity index (χ3v) is 7.88. The summed E-state index contributed by atoms with van der Waals surface area (Å²) in [6.45, 7) is 4.58. The second-order valence-electron chi connectivity index (χ2n) is 9.40. The molecule has 8 nitrogen and oxygen atoms in total. The number of para-hydroxylation sites is 1. The molecule has 180 valence electrons. The van der Waals surface area contributed by atoms with E-state index in [2.05, 4.69) is 15.2 Å². The topological polar surface area (TPSA) is 93.3 Å². The highest BCUT2D eigenvalue weighted by atomic mass is 32.1. The number of thiazole rings is 1. The van der Waals surface area contributed by atoms with Gasteiger partial charge in [0.25, 0.3) is 5.91 Å². The number of nitrogens with one attached hydrogen (secondary N) is 1. The van der Waals surface area contributed by atoms with Crippen molar-refractivity contribution >= 4 is 28.2 Å². The van der Waals surface area contributed by atoms with Crippen molar-refractivity contribution in [2.45, 2.75) is 58.3 Å². The summed E-state index contributed by atoms with van der Waals surface area (Å²) in [5.41, 5.74) is 6.77. The molecule has 4 heterocycles. The highest BCUT2D eigenvalue weighted by Gasteiger charge is 2.31. The first kappa shape index (κ1) is 22.2. The first-order chi connectivity index (χ1) is 17.1. The molecule has 0 bridgehead atoms. The van der Waals surface area contributed by atoms with E-state index in [0.29, 0.717) is 35.3 Å². The van der Waals surface area contributed by atoms with Gasteiger partial charge >= 0.3 is 0 Å². The number of carbonyl (C=O) groups excluding carboxylic acids is 1. The maximum absolute atomic E-state index is 13.1. The summed E-state index contributed by atoms with van der Waals surface area (Å²) in [4.78, 5) is 33.9. The van der Waals surface area contributed by atoms with Crippen LogP contribution in [0.2, 0.25) is 0 Å². The molecule has 9 heteroatoms. The van der Waals surface area contributed by atoms with Crippen LogP contribution in [-0.4, -0.2) is 38.2 Å². The predicted octanol–water partition coefficient (Wildman–Crippen LogP) is 3.45. The van der Waals surface area contributed by atoms with E-state index in [9.17, 15) is 9.59 Å². The molecule has 0 spiro atoms. The first-order valence-corrected chi connectivity index (χ1v) is 12.9. The number of amides is 1. The van der Waals surface area contributed by atoms with Gasteiger partial charge in [0, 0.05) is 66.8 Å². The fourth-order valence-corrected chi connectivity index (χ4v) is 5.54. The molecule has 1 aliphatic heterocycles. The lowest BCUT2D eigenvalue weighted by molar-refractivity contribution is 0.0943. The fourth-order valence-electron chi connectivity index (χ4n) is 4.77. The number of aromatic nitrogens is 3. The molecule has 1 fully saturated rings. The molecule has 0 unspecified atom stereocenters. The Bertz CT molecular complexity index is 1470. The van der Waals surface area contributed by atoms with Crippen LogP contribution in [-0.2, 0) is 32.5 Å². The molecule has 0 radical (unpaired) electrons. The summed E-state index contributed by atoms with van der Waals surface area (Å²) in [6.07, 6.45) is 5.25. The van der Waals surface area contributed by atoms with Gasteiger partial charge in [-0.2, -0.15) is 5.10 Å². The van der Waals surface area contributed by atoms with E-state index in [1.807, 2.05) is 29.2 Å². The third-order valence-electron chi connectivity index (χ3n) is 6.88. The first-order valence-electron chi connectivity index (χ1n) is 12.1. The SMILES string of the molecule is Cc1ncsc1CCn1nc(C(=O)NC2CC2)c2c1CCN(Cc1coc3ccccc3c1=O)C2. The van der Waals surface area contributed by atoms with Crippen LogP contribution >= 0.6 is 11.3 Å². The molecule has 1 saturated carbocycles. The molecule has 2 aliphatic rings. The Morgan fingerprint density at radius 1 is 1.29 bits per heavy atom. The van der Waals surface area contributed by atoms with Crippen molar-refractivity contribution in [1.29, 1.82) is 0 Å². The van der Waals surface area contributed by atoms with E-state index in [-0.39, 0.29) is 17.4 Å². The normalized spacial score (nSPS) is 15.9. The Labute approximate surface area is 206 Å². The second-order valence-corrected chi connectivity index (χ2v) is 10.3. The van der Waals surface area contributed by atoms with Gasteiger partial charge in [0.1, 0.15) is 5.58 Å². The Hall–Kier alpha value is -3.30. The van der Waals surface area contributed by atoms with Crippen LogP contribution in [0.15, 0.2) is 45.3 Å². The summed E-state index contributed by atoms with van der Waals surface area (Å²) in [5.74, 6) is -0.0939. The van der Waals surface area contributed by atoms with Crippen LogP contribution < -0.4 is 10.7 Å². The number of hydrogen-bond donors (Lipinski definition) is 1. The highest BCUT2D eigenvalue weighted by molar-refractivity contribution is 7.09. The number of hydrogen-bond acceptors (Lipinski definition) is 7. The van der Waals surface area contributed by atoms with Gasteiger partial charge < -0.3 is 9.73 Å². The summed E-state index contributed by atoms with van der Waals surface area (Å²) in [7, 11) is 0. The van der Waals surface area contributed by atoms with Gasteiger partial charge in [0.2, 0.25) is 0 Å². The van der Waals surface area contributed by atoms with E-state index in [0.717, 1.165) is 55.7 Å². The van der Waals surface area contributed by atoms with Crippen LogP contribution in [0, 0.1) is 6.92 Å². The summed E-state index contributed by atoms with van der Waals surface area (Å²) >= 11 is 1.66. The largest absolute Gasteiger partial charge is 0.464 e. The maximum Gasteiger partial charge on any atom is 0.272 e. The minimum atomic E-state index is -0.0939. The lowest BCUT2D eigenvalue weighted by Gasteiger charge is -2.27. The average Bonchev–Trinajstić information content (AvgIpc) is 3.47. The molecule has 1 amide bonds. The molecule has 6 rings (SSSR count). The molecular formula is C26H27N5O3S. The van der Waals surface area contributed by atoms with E-state index >= 15 is 0 Å². The van der Waals surface area contributed by atoms with E-state index < -0.39 is 0 Å². The number of fused-ring (bicyclic) bond motifs is 2. The van der Waals surface area contributed by atoms with Crippen molar-refractivity contribution in [3.05, 3.63) is 79.3 Å². The molecule has 3 aromatic heterocycles. The van der Waals surface area contributed by atoms with Gasteiger partial charge in [0.15, 0.2) is 11.1 Å². The molecule has 1 aromatic carbocycles. The van der Waals surface area contributed by atoms with E-state index in [1.54, 1.807) is 29.7 Å². The van der Waals surface area contributed by atoms with Crippen molar-refractivity contribution in [1.82, 2.24) is 25.0 Å². The van der Waals surface area contributed by atoms with Gasteiger partial charge in [-0.25, -0.2) is 4.98 Å². The van der Waals surface area contributed by atoms with Crippen LogP contribution in [0.5, 0.6) is 0 Å². The quantitative estimate of drug-likeness (QED) is 0.427. The van der Waals surface area contributed by atoms with Gasteiger partial charge in [-0.3, -0.25) is 19.2 Å². The summed E-state index contributed by atoms with van der Waals surface area (Å²) in [5, 5.41) is 8.48. The molecule has 35 heavy (non-hydrogen) atoms. The zero-order chi connectivity index (χ0) is 23.9. The molecular weight excluding hydrogens is 462 g/mol. The lowest BCUT2D eigenvalue weighted by Crippen LogP contribution is -2.34. The number of aryl methyl sites for hydroxylation is 3. The van der Waals surface area contributed by atoms with Crippen LogP contribution in [0.25, 0.3) is 11.0 Å². The number of carbonyl (C=O) groups is 1. The van der Waals surface area contributed by atoms with Crippen LogP contribution in [0.4, 0.5) is 0 Å². The van der Waals surface area contributed by atoms with Crippen molar-refractivity contribution in [2.24, 2.45) is 0 Å². The maximum atomic E-state index is 13.1. The van der Waals surface area contributed by atoms with Crippen LogP contribution in [0.1, 0.15) is 50.7 Å². The Morgan fingerprint density at radius 3 is 2.94 bits per heavy atom. The number of rotatable bonds is 7. The zero-order valence-electron chi connectivity index (χ0n) is 19.6. The van der Waals surface area contributed by atoms with Crippen molar-refractivity contribution in [3.63, 3.8) is 0 Å². The Balaban J connectivity index is 1.26. The van der Waals surface area contributed by atoms with Crippen molar-refractivity contribution in [3.8, 4) is 0 Å². The van der Waals surface area contributed by atoms with Gasteiger partial charge in [-0.1, -0.05) is 12.1 Å².